The van der Waals surface area contributed by atoms with Gasteiger partial charge in [-0.2, -0.15) is 0 Å². The molecule has 1 aliphatic rings. The minimum atomic E-state index is 0.397. The first kappa shape index (κ1) is 14.7. The summed E-state index contributed by atoms with van der Waals surface area (Å²) in [5.74, 6) is 0. The minimum Gasteiger partial charge on any atom is -0.382 e. The Kier molecular flexibility index (Phi) is 7.48. The van der Waals surface area contributed by atoms with Crippen LogP contribution in [-0.2, 0) is 9.47 Å². The molecule has 0 bridgehead atoms. The zero-order valence-corrected chi connectivity index (χ0v) is 11.6. The van der Waals surface area contributed by atoms with E-state index in [1.165, 1.54) is 0 Å². The van der Waals surface area contributed by atoms with Gasteiger partial charge in [0.2, 0.25) is 0 Å². The lowest BCUT2D eigenvalue weighted by molar-refractivity contribution is 0.107. The van der Waals surface area contributed by atoms with E-state index in [2.05, 4.69) is 10.6 Å². The molecule has 0 aromatic rings. The highest BCUT2D eigenvalue weighted by Gasteiger charge is 2.24. The van der Waals surface area contributed by atoms with Crippen LogP contribution in [0.25, 0.3) is 0 Å². The molecule has 0 heterocycles. The van der Waals surface area contributed by atoms with Gasteiger partial charge in [-0.3, -0.25) is 0 Å². The fraction of sp³-hybridized carbons (Fsp3) is 0.917. The lowest BCUT2D eigenvalue weighted by Crippen LogP contribution is -2.41. The van der Waals surface area contributed by atoms with E-state index in [-0.39, 0.29) is 0 Å². The summed E-state index contributed by atoms with van der Waals surface area (Å²) in [6.45, 7) is 4.45. The Morgan fingerprint density at radius 3 is 2.88 bits per heavy atom. The van der Waals surface area contributed by atoms with Crippen LogP contribution in [-0.4, -0.2) is 44.1 Å². The first-order valence-electron chi connectivity index (χ1n) is 6.41. The van der Waals surface area contributed by atoms with Crippen LogP contribution in [0.4, 0.5) is 0 Å². The lowest BCUT2D eigenvalue weighted by atomic mass is 10.2. The Morgan fingerprint density at radius 1 is 1.41 bits per heavy atom. The number of hydrogen-bond donors (Lipinski definition) is 2. The van der Waals surface area contributed by atoms with Crippen LogP contribution >= 0.6 is 12.2 Å². The molecular weight excluding hydrogens is 236 g/mol. The number of thiocarbonyl (C=S) groups is 1. The monoisotopic (exact) mass is 260 g/mol. The van der Waals surface area contributed by atoms with Crippen LogP contribution in [0.1, 0.15) is 32.6 Å². The molecule has 0 amide bonds. The molecule has 0 radical (unpaired) electrons. The molecule has 0 aromatic heterocycles. The molecule has 2 N–H and O–H groups in total. The highest BCUT2D eigenvalue weighted by atomic mass is 32.1. The summed E-state index contributed by atoms with van der Waals surface area (Å²) in [5, 5.41) is 7.29. The predicted molar refractivity (Wildman–Crippen MR) is 73.3 cm³/mol. The second-order valence-electron chi connectivity index (χ2n) is 4.32. The molecular formula is C12H24N2O2S. The summed E-state index contributed by atoms with van der Waals surface area (Å²) < 4.78 is 10.6. The molecule has 5 heteroatoms. The molecule has 1 rings (SSSR count). The van der Waals surface area contributed by atoms with Gasteiger partial charge in [-0.25, -0.2) is 0 Å². The van der Waals surface area contributed by atoms with Gasteiger partial charge < -0.3 is 20.1 Å². The molecule has 0 spiro atoms. The predicted octanol–water partition coefficient (Wildman–Crippen LogP) is 1.44. The van der Waals surface area contributed by atoms with E-state index in [0.717, 1.165) is 50.6 Å². The zero-order chi connectivity index (χ0) is 12.5. The third kappa shape index (κ3) is 6.19. The molecule has 1 saturated carbocycles. The second kappa shape index (κ2) is 8.66. The van der Waals surface area contributed by atoms with E-state index in [1.807, 2.05) is 6.92 Å². The van der Waals surface area contributed by atoms with Gasteiger partial charge in [-0.15, -0.1) is 0 Å². The first-order valence-corrected chi connectivity index (χ1v) is 6.82. The summed E-state index contributed by atoms with van der Waals surface area (Å²) >= 11 is 5.24. The Labute approximate surface area is 109 Å². The third-order valence-corrected chi connectivity index (χ3v) is 3.27. The molecule has 2 unspecified atom stereocenters. The SMILES string of the molecule is CCOCCCNC(=S)NC1CCC(OC)C1. The highest BCUT2D eigenvalue weighted by molar-refractivity contribution is 7.80. The van der Waals surface area contributed by atoms with Crippen LogP contribution in [0, 0.1) is 0 Å². The third-order valence-electron chi connectivity index (χ3n) is 3.01. The van der Waals surface area contributed by atoms with Gasteiger partial charge in [-0.1, -0.05) is 0 Å². The molecule has 100 valence electrons. The molecule has 1 fully saturated rings. The van der Waals surface area contributed by atoms with Crippen molar-refractivity contribution in [3.63, 3.8) is 0 Å². The van der Waals surface area contributed by atoms with Crippen LogP contribution in [0.15, 0.2) is 0 Å². The first-order chi connectivity index (χ1) is 8.26. The number of ether oxygens (including phenoxy) is 2. The summed E-state index contributed by atoms with van der Waals surface area (Å²) in [6.07, 6.45) is 4.70. The van der Waals surface area contributed by atoms with E-state index in [9.17, 15) is 0 Å². The van der Waals surface area contributed by atoms with Gasteiger partial charge in [-0.05, 0) is 44.8 Å². The maximum absolute atomic E-state index is 5.33. The number of nitrogens with one attached hydrogen (secondary N) is 2. The van der Waals surface area contributed by atoms with E-state index < -0.39 is 0 Å². The zero-order valence-electron chi connectivity index (χ0n) is 10.8. The summed E-state index contributed by atoms with van der Waals surface area (Å²) in [7, 11) is 1.78. The fourth-order valence-corrected chi connectivity index (χ4v) is 2.31. The quantitative estimate of drug-likeness (QED) is 0.536. The Morgan fingerprint density at radius 2 is 2.24 bits per heavy atom. The molecule has 0 saturated heterocycles. The van der Waals surface area contributed by atoms with Gasteiger partial charge in [0.05, 0.1) is 6.10 Å². The van der Waals surface area contributed by atoms with Crippen LogP contribution < -0.4 is 10.6 Å². The van der Waals surface area contributed by atoms with Crippen molar-refractivity contribution in [3.8, 4) is 0 Å². The average Bonchev–Trinajstić information content (AvgIpc) is 2.76. The maximum atomic E-state index is 5.33. The molecule has 17 heavy (non-hydrogen) atoms. The molecule has 4 nitrogen and oxygen atoms in total. The number of methoxy groups -OCH3 is 1. The van der Waals surface area contributed by atoms with Crippen LogP contribution in [0.3, 0.4) is 0 Å². The normalized spacial score (nSPS) is 23.6. The van der Waals surface area contributed by atoms with Crippen molar-refractivity contribution in [2.45, 2.75) is 44.8 Å². The number of rotatable bonds is 7. The van der Waals surface area contributed by atoms with Crippen molar-refractivity contribution in [2.75, 3.05) is 26.9 Å². The van der Waals surface area contributed by atoms with E-state index >= 15 is 0 Å². The summed E-state index contributed by atoms with van der Waals surface area (Å²) in [5.41, 5.74) is 0. The second-order valence-corrected chi connectivity index (χ2v) is 4.73. The molecule has 0 aromatic carbocycles. The van der Waals surface area contributed by atoms with E-state index in [4.69, 9.17) is 21.7 Å². The number of hydrogen-bond acceptors (Lipinski definition) is 3. The van der Waals surface area contributed by atoms with Gasteiger partial charge >= 0.3 is 0 Å². The molecule has 2 atom stereocenters. The van der Waals surface area contributed by atoms with Crippen molar-refractivity contribution in [1.29, 1.82) is 0 Å². The van der Waals surface area contributed by atoms with Crippen molar-refractivity contribution in [2.24, 2.45) is 0 Å². The summed E-state index contributed by atoms with van der Waals surface area (Å²) in [6, 6.07) is 0.465. The maximum Gasteiger partial charge on any atom is 0.166 e. The fourth-order valence-electron chi connectivity index (χ4n) is 2.04. The molecule has 0 aliphatic heterocycles. The van der Waals surface area contributed by atoms with Crippen molar-refractivity contribution >= 4 is 17.3 Å². The average molecular weight is 260 g/mol. The van der Waals surface area contributed by atoms with Crippen LogP contribution in [0.2, 0.25) is 0 Å². The van der Waals surface area contributed by atoms with Crippen molar-refractivity contribution in [1.82, 2.24) is 10.6 Å². The van der Waals surface area contributed by atoms with Crippen molar-refractivity contribution in [3.05, 3.63) is 0 Å². The Balaban J connectivity index is 2.01. The topological polar surface area (TPSA) is 42.5 Å². The van der Waals surface area contributed by atoms with Gasteiger partial charge in [0.1, 0.15) is 0 Å². The largest absolute Gasteiger partial charge is 0.382 e. The van der Waals surface area contributed by atoms with Gasteiger partial charge in [0, 0.05) is 32.9 Å². The van der Waals surface area contributed by atoms with Crippen molar-refractivity contribution < 1.29 is 9.47 Å². The Hall–Kier alpha value is -0.390. The lowest BCUT2D eigenvalue weighted by Gasteiger charge is -2.16. The Bertz CT molecular complexity index is 227. The van der Waals surface area contributed by atoms with E-state index in [1.54, 1.807) is 7.11 Å². The van der Waals surface area contributed by atoms with Gasteiger partial charge in [0.15, 0.2) is 5.11 Å². The molecule has 1 aliphatic carbocycles. The standard InChI is InChI=1S/C12H24N2O2S/c1-3-16-8-4-7-13-12(17)14-10-5-6-11(9-10)15-2/h10-11H,3-9H2,1-2H3,(H2,13,14,17). The smallest absolute Gasteiger partial charge is 0.166 e. The highest BCUT2D eigenvalue weighted by Crippen LogP contribution is 2.21. The van der Waals surface area contributed by atoms with Crippen LogP contribution in [0.5, 0.6) is 0 Å². The van der Waals surface area contributed by atoms with Gasteiger partial charge in [0.25, 0.3) is 0 Å². The minimum absolute atomic E-state index is 0.397. The summed E-state index contributed by atoms with van der Waals surface area (Å²) in [4.78, 5) is 0. The van der Waals surface area contributed by atoms with E-state index in [0.29, 0.717) is 12.1 Å².